The van der Waals surface area contributed by atoms with Crippen LogP contribution in [0.25, 0.3) is 0 Å². The molecule has 0 fully saturated rings. The van der Waals surface area contributed by atoms with Crippen molar-refractivity contribution in [2.45, 2.75) is 27.2 Å². The van der Waals surface area contributed by atoms with Gasteiger partial charge in [0.1, 0.15) is 5.75 Å². The average Bonchev–Trinajstić information content (AvgIpc) is 2.38. The fourth-order valence-corrected chi connectivity index (χ4v) is 2.63. The molecule has 18 heavy (non-hydrogen) atoms. The van der Waals surface area contributed by atoms with E-state index < -0.39 is 0 Å². The van der Waals surface area contributed by atoms with Gasteiger partial charge in [0, 0.05) is 11.0 Å². The van der Waals surface area contributed by atoms with Gasteiger partial charge in [-0.15, -0.1) is 0 Å². The van der Waals surface area contributed by atoms with Crippen LogP contribution in [0.4, 0.5) is 0 Å². The van der Waals surface area contributed by atoms with E-state index in [9.17, 15) is 0 Å². The Morgan fingerprint density at radius 3 is 2.28 bits per heavy atom. The predicted molar refractivity (Wildman–Crippen MR) is 78.3 cm³/mol. The molecule has 0 unspecified atom stereocenters. The molecule has 102 valence electrons. The fraction of sp³-hybridized carbons (Fsp3) is 0.571. The van der Waals surface area contributed by atoms with Gasteiger partial charge in [-0.1, -0.05) is 15.9 Å². The second-order valence-electron chi connectivity index (χ2n) is 4.67. The van der Waals surface area contributed by atoms with Crippen LogP contribution in [-0.4, -0.2) is 37.4 Å². The molecule has 0 spiro atoms. The molecule has 1 rings (SSSR count). The molecule has 0 aliphatic rings. The van der Waals surface area contributed by atoms with Crippen molar-refractivity contribution in [3.8, 4) is 5.75 Å². The zero-order valence-electron chi connectivity index (χ0n) is 11.8. The van der Waals surface area contributed by atoms with E-state index in [0.29, 0.717) is 0 Å². The summed E-state index contributed by atoms with van der Waals surface area (Å²) in [4.78, 5) is 1.88. The minimum absolute atomic E-state index is 0.0768. The number of aliphatic hydroxyl groups excluding tert-OH is 1. The number of benzene rings is 1. The summed E-state index contributed by atoms with van der Waals surface area (Å²) in [6.45, 7) is 7.17. The van der Waals surface area contributed by atoms with E-state index in [1.54, 1.807) is 7.11 Å². The average molecular weight is 316 g/mol. The van der Waals surface area contributed by atoms with Gasteiger partial charge in [-0.3, -0.25) is 4.90 Å². The molecule has 0 heterocycles. The zero-order chi connectivity index (χ0) is 13.9. The van der Waals surface area contributed by atoms with Gasteiger partial charge in [0.2, 0.25) is 0 Å². The summed E-state index contributed by atoms with van der Waals surface area (Å²) in [5, 5.41) is 9.05. The third-order valence-electron chi connectivity index (χ3n) is 3.48. The summed E-state index contributed by atoms with van der Waals surface area (Å²) in [5.74, 6) is 0.972. The molecule has 0 aliphatic carbocycles. The summed E-state index contributed by atoms with van der Waals surface area (Å²) in [7, 11) is 3.62. The van der Waals surface area contributed by atoms with E-state index in [0.717, 1.165) is 23.2 Å². The maximum Gasteiger partial charge on any atom is 0.125 e. The molecule has 0 radical (unpaired) electrons. The number of halogens is 1. The number of ether oxygens (including phenoxy) is 1. The third kappa shape index (κ3) is 3.05. The van der Waals surface area contributed by atoms with Crippen LogP contribution in [0.5, 0.6) is 5.75 Å². The first-order chi connectivity index (χ1) is 8.43. The quantitative estimate of drug-likeness (QED) is 0.848. The van der Waals surface area contributed by atoms with E-state index in [1.807, 2.05) is 11.9 Å². The van der Waals surface area contributed by atoms with Crippen LogP contribution in [0.2, 0.25) is 0 Å². The van der Waals surface area contributed by atoms with Crippen molar-refractivity contribution in [3.05, 3.63) is 26.7 Å². The van der Waals surface area contributed by atoms with Crippen molar-refractivity contribution in [2.24, 2.45) is 0 Å². The first-order valence-corrected chi connectivity index (χ1v) is 6.84. The fourth-order valence-electron chi connectivity index (χ4n) is 2.10. The molecule has 1 aromatic carbocycles. The normalized spacial score (nSPS) is 11.1. The first-order valence-electron chi connectivity index (χ1n) is 6.05. The molecule has 0 saturated heterocycles. The number of aliphatic hydroxyl groups is 1. The van der Waals surface area contributed by atoms with Crippen molar-refractivity contribution in [1.29, 1.82) is 0 Å². The van der Waals surface area contributed by atoms with Crippen molar-refractivity contribution in [3.63, 3.8) is 0 Å². The van der Waals surface area contributed by atoms with Gasteiger partial charge < -0.3 is 9.84 Å². The van der Waals surface area contributed by atoms with Gasteiger partial charge in [-0.05, 0) is 56.5 Å². The Hall–Kier alpha value is -0.580. The van der Waals surface area contributed by atoms with Gasteiger partial charge in [0.05, 0.1) is 13.8 Å². The van der Waals surface area contributed by atoms with Crippen molar-refractivity contribution in [1.82, 2.24) is 4.90 Å². The molecule has 0 amide bonds. The molecule has 0 bridgehead atoms. The molecule has 3 nitrogen and oxygen atoms in total. The number of hydrogen-bond acceptors (Lipinski definition) is 3. The largest absolute Gasteiger partial charge is 0.496 e. The molecule has 1 N–H and O–H groups in total. The summed E-state index contributed by atoms with van der Waals surface area (Å²) in [6, 6.07) is 0. The third-order valence-corrected chi connectivity index (χ3v) is 4.67. The highest BCUT2D eigenvalue weighted by atomic mass is 79.9. The minimum Gasteiger partial charge on any atom is -0.496 e. The molecule has 0 aromatic heterocycles. The Bertz CT molecular complexity index is 433. The van der Waals surface area contributed by atoms with Gasteiger partial charge in [0.15, 0.2) is 0 Å². The molecule has 0 atom stereocenters. The van der Waals surface area contributed by atoms with E-state index >= 15 is 0 Å². The Morgan fingerprint density at radius 1 is 1.17 bits per heavy atom. The second kappa shape index (κ2) is 6.55. The number of rotatable bonds is 5. The number of nitrogens with zero attached hydrogens (tertiary/aromatic N) is 1. The Kier molecular flexibility index (Phi) is 5.63. The molecular weight excluding hydrogens is 294 g/mol. The molecular formula is C14H22BrNO2. The van der Waals surface area contributed by atoms with E-state index in [1.165, 1.54) is 22.3 Å². The maximum absolute atomic E-state index is 9.05. The highest BCUT2D eigenvalue weighted by Gasteiger charge is 2.16. The van der Waals surface area contributed by atoms with Crippen molar-refractivity contribution < 1.29 is 9.84 Å². The smallest absolute Gasteiger partial charge is 0.125 e. The van der Waals surface area contributed by atoms with Crippen LogP contribution in [0.15, 0.2) is 4.47 Å². The summed E-state index contributed by atoms with van der Waals surface area (Å²) < 4.78 is 6.71. The van der Waals surface area contributed by atoms with Crippen LogP contribution in [-0.2, 0) is 6.42 Å². The summed E-state index contributed by atoms with van der Waals surface area (Å²) in [5.41, 5.74) is 4.84. The molecule has 1 aromatic rings. The Morgan fingerprint density at radius 2 is 1.78 bits per heavy atom. The van der Waals surface area contributed by atoms with Crippen LogP contribution in [0.3, 0.4) is 0 Å². The lowest BCUT2D eigenvalue weighted by atomic mass is 9.97. The Balaban J connectivity index is 3.16. The summed E-state index contributed by atoms with van der Waals surface area (Å²) in [6.07, 6.45) is 0.867. The van der Waals surface area contributed by atoms with Crippen LogP contribution < -0.4 is 4.74 Å². The zero-order valence-corrected chi connectivity index (χ0v) is 13.4. The van der Waals surface area contributed by atoms with Crippen molar-refractivity contribution >= 4 is 15.9 Å². The van der Waals surface area contributed by atoms with Crippen LogP contribution in [0, 0.1) is 20.8 Å². The highest BCUT2D eigenvalue weighted by Crippen LogP contribution is 2.36. The summed E-state index contributed by atoms with van der Waals surface area (Å²) >= 11 is 3.65. The van der Waals surface area contributed by atoms with E-state index in [-0.39, 0.29) is 6.73 Å². The second-order valence-corrected chi connectivity index (χ2v) is 5.46. The monoisotopic (exact) mass is 315 g/mol. The lowest BCUT2D eigenvalue weighted by molar-refractivity contribution is 0.134. The molecule has 4 heteroatoms. The first kappa shape index (κ1) is 15.5. The molecule has 0 aliphatic heterocycles. The van der Waals surface area contributed by atoms with Crippen molar-refractivity contribution in [2.75, 3.05) is 27.4 Å². The van der Waals surface area contributed by atoms with E-state index in [4.69, 9.17) is 9.84 Å². The van der Waals surface area contributed by atoms with Gasteiger partial charge in [-0.2, -0.15) is 0 Å². The topological polar surface area (TPSA) is 32.7 Å². The number of methoxy groups -OCH3 is 1. The Labute approximate surface area is 118 Å². The lowest BCUT2D eigenvalue weighted by Crippen LogP contribution is -2.22. The van der Waals surface area contributed by atoms with Crippen LogP contribution in [0.1, 0.15) is 22.3 Å². The molecule has 0 saturated carbocycles. The number of likely N-dealkylation sites (N-methyl/N-ethyl adjacent to an activating group) is 1. The lowest BCUT2D eigenvalue weighted by Gasteiger charge is -2.20. The minimum atomic E-state index is 0.0768. The van der Waals surface area contributed by atoms with Gasteiger partial charge in [0.25, 0.3) is 0 Å². The number of hydrogen-bond donors (Lipinski definition) is 1. The van der Waals surface area contributed by atoms with Crippen LogP contribution >= 0.6 is 15.9 Å². The van der Waals surface area contributed by atoms with E-state index in [2.05, 4.69) is 36.7 Å². The van der Waals surface area contributed by atoms with Gasteiger partial charge >= 0.3 is 0 Å². The van der Waals surface area contributed by atoms with Gasteiger partial charge in [-0.25, -0.2) is 0 Å². The predicted octanol–water partition coefficient (Wildman–Crippen LogP) is 2.81. The SMILES string of the molecule is COc1c(C)c(C)c(Br)c(C)c1CCN(C)CO. The highest BCUT2D eigenvalue weighted by molar-refractivity contribution is 9.10. The standard InChI is InChI=1S/C14H22BrNO2/c1-9-10(2)14(18-5)12(11(3)13(9)15)6-7-16(4)8-17/h17H,6-8H2,1-5H3. The maximum atomic E-state index is 9.05.